The summed E-state index contributed by atoms with van der Waals surface area (Å²) in [5.74, 6) is 0.844. The van der Waals surface area contributed by atoms with Crippen LogP contribution >= 0.6 is 0 Å². The summed E-state index contributed by atoms with van der Waals surface area (Å²) in [6.07, 6.45) is 3.39. The van der Waals surface area contributed by atoms with Crippen molar-refractivity contribution in [1.29, 1.82) is 0 Å². The van der Waals surface area contributed by atoms with Gasteiger partial charge in [0.15, 0.2) is 0 Å². The molecule has 0 saturated heterocycles. The molecule has 0 amide bonds. The van der Waals surface area contributed by atoms with Crippen LogP contribution in [0.25, 0.3) is 16.8 Å². The second-order valence-electron chi connectivity index (χ2n) is 4.12. The summed E-state index contributed by atoms with van der Waals surface area (Å²) in [5, 5.41) is 7.71. The maximum absolute atomic E-state index is 5.28. The Balaban J connectivity index is 2.15. The third-order valence-electron chi connectivity index (χ3n) is 2.98. The van der Waals surface area contributed by atoms with Crippen LogP contribution in [-0.4, -0.2) is 21.9 Å². The van der Waals surface area contributed by atoms with E-state index in [9.17, 15) is 0 Å². The van der Waals surface area contributed by atoms with Gasteiger partial charge in [0.2, 0.25) is 0 Å². The minimum absolute atomic E-state index is 0.844. The van der Waals surface area contributed by atoms with Crippen LogP contribution in [0.1, 0.15) is 0 Å². The van der Waals surface area contributed by atoms with Crippen LogP contribution in [0.5, 0.6) is 5.75 Å². The maximum atomic E-state index is 5.28. The summed E-state index contributed by atoms with van der Waals surface area (Å²) in [7, 11) is 1.67. The summed E-state index contributed by atoms with van der Waals surface area (Å²) < 4.78 is 7.17. The first-order chi connectivity index (χ1) is 9.38. The van der Waals surface area contributed by atoms with E-state index >= 15 is 0 Å². The number of benzene rings is 2. The van der Waals surface area contributed by atoms with Crippen molar-refractivity contribution in [3.63, 3.8) is 0 Å². The molecule has 1 heterocycles. The van der Waals surface area contributed by atoms with Crippen LogP contribution in [0.2, 0.25) is 0 Å². The molecule has 0 bridgehead atoms. The molecule has 0 saturated carbocycles. The number of hydrogen-bond acceptors (Lipinski definition) is 3. The molecule has 1 aromatic heterocycles. The van der Waals surface area contributed by atoms with Gasteiger partial charge in [0, 0.05) is 5.56 Å². The quantitative estimate of drug-likeness (QED) is 0.718. The first-order valence-electron chi connectivity index (χ1n) is 5.97. The molecular weight excluding hydrogens is 238 g/mol. The number of rotatable bonds is 3. The number of ether oxygens (including phenoxy) is 1. The second-order valence-corrected chi connectivity index (χ2v) is 4.12. The van der Waals surface area contributed by atoms with Crippen molar-refractivity contribution >= 4 is 0 Å². The molecule has 0 aliphatic heterocycles. The third kappa shape index (κ3) is 2.20. The molecule has 0 spiro atoms. The molecule has 4 heteroatoms. The molecule has 0 radical (unpaired) electrons. The number of methoxy groups -OCH3 is 1. The molecule has 0 N–H and O–H groups in total. The average molecular weight is 251 g/mol. The molecule has 0 aliphatic carbocycles. The highest BCUT2D eigenvalue weighted by Crippen LogP contribution is 2.28. The van der Waals surface area contributed by atoms with Gasteiger partial charge in [-0.2, -0.15) is 0 Å². The van der Waals surface area contributed by atoms with Gasteiger partial charge in [-0.05, 0) is 23.8 Å². The lowest BCUT2D eigenvalue weighted by Gasteiger charge is -2.10. The Morgan fingerprint density at radius 3 is 2.53 bits per heavy atom. The first-order valence-corrected chi connectivity index (χ1v) is 5.97. The minimum Gasteiger partial charge on any atom is -0.497 e. The molecule has 94 valence electrons. The molecular formula is C15H13N3O. The summed E-state index contributed by atoms with van der Waals surface area (Å²) >= 11 is 0. The summed E-state index contributed by atoms with van der Waals surface area (Å²) in [6.45, 7) is 0. The number of para-hydroxylation sites is 1. The molecule has 2 aromatic carbocycles. The fourth-order valence-corrected chi connectivity index (χ4v) is 2.06. The molecule has 0 aliphatic rings. The zero-order valence-corrected chi connectivity index (χ0v) is 10.5. The molecule has 0 fully saturated rings. The largest absolute Gasteiger partial charge is 0.497 e. The summed E-state index contributed by atoms with van der Waals surface area (Å²) in [4.78, 5) is 0. The SMILES string of the molecule is COc1cccc(-c2ccccc2-n2cnnc2)c1. The predicted octanol–water partition coefficient (Wildman–Crippen LogP) is 2.94. The molecule has 19 heavy (non-hydrogen) atoms. The van der Waals surface area contributed by atoms with Crippen LogP contribution in [0.4, 0.5) is 0 Å². The van der Waals surface area contributed by atoms with E-state index < -0.39 is 0 Å². The van der Waals surface area contributed by atoms with E-state index in [4.69, 9.17) is 4.74 Å². The van der Waals surface area contributed by atoms with Crippen molar-refractivity contribution in [2.45, 2.75) is 0 Å². The van der Waals surface area contributed by atoms with Gasteiger partial charge >= 0.3 is 0 Å². The number of hydrogen-bond donors (Lipinski definition) is 0. The first kappa shape index (κ1) is 11.5. The molecule has 0 unspecified atom stereocenters. The van der Waals surface area contributed by atoms with Gasteiger partial charge in [-0.3, -0.25) is 4.57 Å². The normalized spacial score (nSPS) is 10.4. The maximum Gasteiger partial charge on any atom is 0.123 e. The standard InChI is InChI=1S/C15H13N3O/c1-19-13-6-4-5-12(9-13)14-7-2-3-8-15(14)18-10-16-17-11-18/h2-11H,1H3. The molecule has 0 atom stereocenters. The lowest BCUT2D eigenvalue weighted by Crippen LogP contribution is -1.94. The Bertz CT molecular complexity index is 677. The topological polar surface area (TPSA) is 39.9 Å². The second kappa shape index (κ2) is 4.94. The van der Waals surface area contributed by atoms with E-state index in [2.05, 4.69) is 22.3 Å². The van der Waals surface area contributed by atoms with Gasteiger partial charge in [0.1, 0.15) is 18.4 Å². The van der Waals surface area contributed by atoms with Gasteiger partial charge in [-0.1, -0.05) is 30.3 Å². The molecule has 3 aromatic rings. The fraction of sp³-hybridized carbons (Fsp3) is 0.0667. The Kier molecular flexibility index (Phi) is 2.98. The van der Waals surface area contributed by atoms with Crippen molar-refractivity contribution in [2.24, 2.45) is 0 Å². The number of aromatic nitrogens is 3. The fourth-order valence-electron chi connectivity index (χ4n) is 2.06. The average Bonchev–Trinajstić information content (AvgIpc) is 3.01. The Labute approximate surface area is 111 Å². The summed E-state index contributed by atoms with van der Waals surface area (Å²) in [5.41, 5.74) is 3.26. The van der Waals surface area contributed by atoms with Gasteiger partial charge in [-0.15, -0.1) is 10.2 Å². The van der Waals surface area contributed by atoms with Gasteiger partial charge in [0.25, 0.3) is 0 Å². The monoisotopic (exact) mass is 251 g/mol. The Hall–Kier alpha value is -2.62. The zero-order valence-electron chi connectivity index (χ0n) is 10.5. The van der Waals surface area contributed by atoms with Crippen LogP contribution in [-0.2, 0) is 0 Å². The van der Waals surface area contributed by atoms with E-state index in [0.29, 0.717) is 0 Å². The van der Waals surface area contributed by atoms with Gasteiger partial charge < -0.3 is 4.74 Å². The van der Waals surface area contributed by atoms with Crippen LogP contribution < -0.4 is 4.74 Å². The van der Waals surface area contributed by atoms with Crippen LogP contribution in [0, 0.1) is 0 Å². The lowest BCUT2D eigenvalue weighted by molar-refractivity contribution is 0.415. The molecule has 4 nitrogen and oxygen atoms in total. The molecule has 3 rings (SSSR count). The van der Waals surface area contributed by atoms with E-state index in [1.54, 1.807) is 19.8 Å². The lowest BCUT2D eigenvalue weighted by atomic mass is 10.0. The minimum atomic E-state index is 0.844. The highest BCUT2D eigenvalue weighted by molar-refractivity contribution is 5.73. The Morgan fingerprint density at radius 1 is 0.947 bits per heavy atom. The highest BCUT2D eigenvalue weighted by Gasteiger charge is 2.07. The predicted molar refractivity (Wildman–Crippen MR) is 73.3 cm³/mol. The van der Waals surface area contributed by atoms with E-state index in [-0.39, 0.29) is 0 Å². The van der Waals surface area contributed by atoms with Crippen LogP contribution in [0.15, 0.2) is 61.2 Å². The van der Waals surface area contributed by atoms with Crippen molar-refractivity contribution in [3.05, 3.63) is 61.2 Å². The summed E-state index contributed by atoms with van der Waals surface area (Å²) in [6, 6.07) is 16.1. The Morgan fingerprint density at radius 2 is 1.74 bits per heavy atom. The van der Waals surface area contributed by atoms with E-state index in [1.165, 1.54) is 0 Å². The highest BCUT2D eigenvalue weighted by atomic mass is 16.5. The van der Waals surface area contributed by atoms with Gasteiger partial charge in [-0.25, -0.2) is 0 Å². The van der Waals surface area contributed by atoms with E-state index in [0.717, 1.165) is 22.6 Å². The van der Waals surface area contributed by atoms with E-state index in [1.807, 2.05) is 41.0 Å². The van der Waals surface area contributed by atoms with Crippen molar-refractivity contribution in [2.75, 3.05) is 7.11 Å². The number of nitrogens with zero attached hydrogens (tertiary/aromatic N) is 3. The third-order valence-corrected chi connectivity index (χ3v) is 2.98. The zero-order chi connectivity index (χ0) is 13.1. The van der Waals surface area contributed by atoms with Crippen LogP contribution in [0.3, 0.4) is 0 Å². The van der Waals surface area contributed by atoms with Crippen molar-refractivity contribution in [1.82, 2.24) is 14.8 Å². The van der Waals surface area contributed by atoms with Crippen molar-refractivity contribution in [3.8, 4) is 22.6 Å². The van der Waals surface area contributed by atoms with Gasteiger partial charge in [0.05, 0.1) is 12.8 Å². The van der Waals surface area contributed by atoms with Crippen molar-refractivity contribution < 1.29 is 4.74 Å². The smallest absolute Gasteiger partial charge is 0.123 e.